The lowest BCUT2D eigenvalue weighted by Gasteiger charge is -2.41. The lowest BCUT2D eigenvalue weighted by molar-refractivity contribution is -0.136. The van der Waals surface area contributed by atoms with E-state index < -0.39 is 5.97 Å². The van der Waals surface area contributed by atoms with Gasteiger partial charge >= 0.3 is 5.97 Å². The molecule has 202 valence electrons. The molecule has 2 N–H and O–H groups in total. The van der Waals surface area contributed by atoms with E-state index in [1.165, 1.54) is 17.7 Å². The van der Waals surface area contributed by atoms with Gasteiger partial charge in [0.1, 0.15) is 0 Å². The van der Waals surface area contributed by atoms with Gasteiger partial charge in [-0.15, -0.1) is 11.3 Å². The molecule has 1 aliphatic carbocycles. The van der Waals surface area contributed by atoms with Crippen molar-refractivity contribution in [3.63, 3.8) is 0 Å². The summed E-state index contributed by atoms with van der Waals surface area (Å²) in [5, 5.41) is 12.5. The Morgan fingerprint density at radius 2 is 1.68 bits per heavy atom. The van der Waals surface area contributed by atoms with E-state index in [-0.39, 0.29) is 18.9 Å². The Morgan fingerprint density at radius 1 is 1.03 bits per heavy atom. The second kappa shape index (κ2) is 12.1. The van der Waals surface area contributed by atoms with E-state index in [2.05, 4.69) is 62.2 Å². The van der Waals surface area contributed by atoms with Crippen LogP contribution < -0.4 is 10.2 Å². The highest BCUT2D eigenvalue weighted by Gasteiger charge is 2.33. The summed E-state index contributed by atoms with van der Waals surface area (Å²) in [7, 11) is 0. The molecule has 0 spiro atoms. The third-order valence-electron chi connectivity index (χ3n) is 7.63. The minimum atomic E-state index is -0.926. The second-order valence-electron chi connectivity index (χ2n) is 11.4. The van der Waals surface area contributed by atoms with Crippen molar-refractivity contribution in [3.05, 3.63) is 70.6 Å². The van der Waals surface area contributed by atoms with Gasteiger partial charge in [0.2, 0.25) is 0 Å². The fraction of sp³-hybridized carbons (Fsp3) is 0.452. The van der Waals surface area contributed by atoms with Crippen molar-refractivity contribution in [3.8, 4) is 11.3 Å². The number of nitrogens with zero attached hydrogens (tertiary/aromatic N) is 2. The zero-order valence-corrected chi connectivity index (χ0v) is 23.7. The van der Waals surface area contributed by atoms with Gasteiger partial charge in [0.25, 0.3) is 5.91 Å². The quantitative estimate of drug-likeness (QED) is 0.311. The Hall–Kier alpha value is -3.19. The topological polar surface area (TPSA) is 82.5 Å². The number of carboxylic acid groups (broad SMARTS) is 1. The van der Waals surface area contributed by atoms with Crippen molar-refractivity contribution >= 4 is 28.3 Å². The number of anilines is 1. The molecule has 1 saturated carbocycles. The van der Waals surface area contributed by atoms with E-state index in [1.807, 2.05) is 30.3 Å². The first-order valence-corrected chi connectivity index (χ1v) is 14.3. The molecule has 0 unspecified atom stereocenters. The maximum absolute atomic E-state index is 12.4. The van der Waals surface area contributed by atoms with Gasteiger partial charge in [0.15, 0.2) is 5.13 Å². The van der Waals surface area contributed by atoms with Crippen LogP contribution >= 0.6 is 11.3 Å². The largest absolute Gasteiger partial charge is 0.481 e. The van der Waals surface area contributed by atoms with Crippen LogP contribution in [-0.4, -0.2) is 34.6 Å². The number of aliphatic carboxylic acids is 1. The molecule has 1 heterocycles. The number of aromatic nitrogens is 1. The normalized spacial score (nSPS) is 17.7. The van der Waals surface area contributed by atoms with E-state index in [9.17, 15) is 9.59 Å². The third kappa shape index (κ3) is 7.01. The fourth-order valence-corrected chi connectivity index (χ4v) is 6.32. The van der Waals surface area contributed by atoms with E-state index in [4.69, 9.17) is 10.1 Å². The highest BCUT2D eigenvalue weighted by atomic mass is 32.1. The highest BCUT2D eigenvalue weighted by Crippen LogP contribution is 2.42. The molecular weight excluding hydrogens is 494 g/mol. The van der Waals surface area contributed by atoms with Crippen LogP contribution in [0.2, 0.25) is 0 Å². The first-order valence-electron chi connectivity index (χ1n) is 13.5. The summed E-state index contributed by atoms with van der Waals surface area (Å²) in [5.74, 6) is -0.444. The standard InChI is InChI=1S/C31H39N3O3S/c1-21-28(23-8-6-5-7-9-23)33-30(38-21)34(26-16-14-25(15-17-26)31(2,3)4)20-22-10-12-24(13-11-22)29(37)32-19-18-27(35)36/h5-13,25-26H,14-20H2,1-4H3,(H,32,37)(H,35,36). The third-order valence-corrected chi connectivity index (χ3v) is 8.64. The Labute approximate surface area is 230 Å². The van der Waals surface area contributed by atoms with Crippen LogP contribution in [0.15, 0.2) is 54.6 Å². The number of benzene rings is 2. The number of hydrogen-bond acceptors (Lipinski definition) is 5. The van der Waals surface area contributed by atoms with Crippen molar-refractivity contribution in [1.82, 2.24) is 10.3 Å². The van der Waals surface area contributed by atoms with E-state index >= 15 is 0 Å². The van der Waals surface area contributed by atoms with Crippen LogP contribution in [0.25, 0.3) is 11.3 Å². The molecule has 1 fully saturated rings. The molecule has 1 aromatic heterocycles. The SMILES string of the molecule is Cc1sc(N(Cc2ccc(C(=O)NCCC(=O)O)cc2)C2CCC(C(C)(C)C)CC2)nc1-c1ccccc1. The molecule has 7 heteroatoms. The van der Waals surface area contributed by atoms with Crippen LogP contribution in [0.3, 0.4) is 0 Å². The minimum Gasteiger partial charge on any atom is -0.481 e. The van der Waals surface area contributed by atoms with E-state index in [0.29, 0.717) is 17.0 Å². The van der Waals surface area contributed by atoms with Gasteiger partial charge in [-0.05, 0) is 61.6 Å². The Bertz CT molecular complexity index is 1220. The molecule has 0 radical (unpaired) electrons. The molecule has 1 amide bonds. The Kier molecular flexibility index (Phi) is 8.87. The summed E-state index contributed by atoms with van der Waals surface area (Å²) >= 11 is 1.76. The summed E-state index contributed by atoms with van der Waals surface area (Å²) in [6, 6.07) is 18.4. The van der Waals surface area contributed by atoms with Gasteiger partial charge in [-0.1, -0.05) is 63.2 Å². The molecule has 0 atom stereocenters. The molecule has 4 rings (SSSR count). The number of carbonyl (C=O) groups is 2. The average Bonchev–Trinajstić information content (AvgIpc) is 3.28. The van der Waals surface area contributed by atoms with Crippen molar-refractivity contribution in [2.75, 3.05) is 11.4 Å². The maximum atomic E-state index is 12.4. The zero-order chi connectivity index (χ0) is 27.3. The predicted molar refractivity (Wildman–Crippen MR) is 155 cm³/mol. The summed E-state index contributed by atoms with van der Waals surface area (Å²) in [4.78, 5) is 32.0. The minimum absolute atomic E-state index is 0.0888. The van der Waals surface area contributed by atoms with Crippen molar-refractivity contribution in [2.45, 2.75) is 72.4 Å². The molecule has 0 saturated heterocycles. The van der Waals surface area contributed by atoms with Crippen LogP contribution in [0.5, 0.6) is 0 Å². The highest BCUT2D eigenvalue weighted by molar-refractivity contribution is 7.16. The number of carboxylic acids is 1. The second-order valence-corrected chi connectivity index (χ2v) is 12.5. The molecule has 3 aromatic rings. The molecule has 0 aliphatic heterocycles. The smallest absolute Gasteiger partial charge is 0.305 e. The van der Waals surface area contributed by atoms with Crippen LogP contribution in [0.1, 0.15) is 73.7 Å². The molecule has 0 bridgehead atoms. The lowest BCUT2D eigenvalue weighted by atomic mass is 9.71. The number of aryl methyl sites for hydroxylation is 1. The molecule has 1 aliphatic rings. The Balaban J connectivity index is 1.54. The maximum Gasteiger partial charge on any atom is 0.305 e. The fourth-order valence-electron chi connectivity index (χ4n) is 5.32. The van der Waals surface area contributed by atoms with Gasteiger partial charge in [-0.2, -0.15) is 0 Å². The van der Waals surface area contributed by atoms with E-state index in [1.54, 1.807) is 11.3 Å². The number of rotatable bonds is 9. The number of thiazole rings is 1. The van der Waals surface area contributed by atoms with Crippen molar-refractivity contribution < 1.29 is 14.7 Å². The first kappa shape index (κ1) is 27.8. The molecule has 38 heavy (non-hydrogen) atoms. The predicted octanol–water partition coefficient (Wildman–Crippen LogP) is 6.93. The van der Waals surface area contributed by atoms with Gasteiger partial charge in [0, 0.05) is 35.1 Å². The van der Waals surface area contributed by atoms with Crippen LogP contribution in [0.4, 0.5) is 5.13 Å². The van der Waals surface area contributed by atoms with Crippen molar-refractivity contribution in [2.24, 2.45) is 11.3 Å². The summed E-state index contributed by atoms with van der Waals surface area (Å²) < 4.78 is 0. The first-order chi connectivity index (χ1) is 18.1. The molecular formula is C31H39N3O3S. The number of nitrogens with one attached hydrogen (secondary N) is 1. The van der Waals surface area contributed by atoms with Crippen molar-refractivity contribution in [1.29, 1.82) is 0 Å². The molecule has 2 aromatic carbocycles. The van der Waals surface area contributed by atoms with E-state index in [0.717, 1.165) is 47.3 Å². The van der Waals surface area contributed by atoms with Gasteiger partial charge in [0.05, 0.1) is 12.1 Å². The Morgan fingerprint density at radius 3 is 2.29 bits per heavy atom. The summed E-state index contributed by atoms with van der Waals surface area (Å²) in [6.07, 6.45) is 4.64. The van der Waals surface area contributed by atoms with Gasteiger partial charge in [-0.25, -0.2) is 4.98 Å². The number of carbonyl (C=O) groups excluding carboxylic acids is 1. The summed E-state index contributed by atoms with van der Waals surface area (Å²) in [5.41, 5.74) is 4.18. The zero-order valence-electron chi connectivity index (χ0n) is 22.9. The average molecular weight is 534 g/mol. The monoisotopic (exact) mass is 533 g/mol. The number of hydrogen-bond donors (Lipinski definition) is 2. The van der Waals surface area contributed by atoms with Crippen LogP contribution in [-0.2, 0) is 11.3 Å². The molecule has 6 nitrogen and oxygen atoms in total. The van der Waals surface area contributed by atoms with Gasteiger partial charge < -0.3 is 15.3 Å². The van der Waals surface area contributed by atoms with Crippen LogP contribution in [0, 0.1) is 18.3 Å². The number of amides is 1. The summed E-state index contributed by atoms with van der Waals surface area (Å²) in [6.45, 7) is 10.1. The lowest BCUT2D eigenvalue weighted by Crippen LogP contribution is -2.39. The van der Waals surface area contributed by atoms with Gasteiger partial charge in [-0.3, -0.25) is 9.59 Å².